The number of hydrogen-bond acceptors (Lipinski definition) is 3. The van der Waals surface area contributed by atoms with Crippen molar-refractivity contribution in [3.63, 3.8) is 0 Å². The van der Waals surface area contributed by atoms with Crippen molar-refractivity contribution in [3.8, 4) is 0 Å². The third-order valence-electron chi connectivity index (χ3n) is 2.26. The van der Waals surface area contributed by atoms with Gasteiger partial charge in [0.05, 0.1) is 19.8 Å². The van der Waals surface area contributed by atoms with Crippen LogP contribution in [-0.2, 0) is 0 Å². The van der Waals surface area contributed by atoms with Crippen molar-refractivity contribution in [1.82, 2.24) is 0 Å². The highest BCUT2D eigenvalue weighted by Gasteiger charge is 2.27. The Morgan fingerprint density at radius 2 is 1.42 bits per heavy atom. The summed E-state index contributed by atoms with van der Waals surface area (Å²) in [7, 11) is 0. The van der Waals surface area contributed by atoms with Crippen LogP contribution < -0.4 is 0 Å². The van der Waals surface area contributed by atoms with E-state index in [0.717, 1.165) is 6.42 Å². The van der Waals surface area contributed by atoms with E-state index in [2.05, 4.69) is 13.8 Å². The molecule has 74 valence electrons. The maximum atomic E-state index is 8.97. The van der Waals surface area contributed by atoms with E-state index in [0.29, 0.717) is 12.3 Å². The number of aliphatic hydroxyl groups excluding tert-OH is 3. The van der Waals surface area contributed by atoms with Crippen molar-refractivity contribution >= 4 is 0 Å². The van der Waals surface area contributed by atoms with Gasteiger partial charge in [-0.15, -0.1) is 0 Å². The molecule has 3 nitrogen and oxygen atoms in total. The van der Waals surface area contributed by atoms with Gasteiger partial charge in [0.1, 0.15) is 0 Å². The van der Waals surface area contributed by atoms with E-state index in [1.165, 1.54) is 0 Å². The van der Waals surface area contributed by atoms with E-state index in [9.17, 15) is 0 Å². The van der Waals surface area contributed by atoms with Crippen LogP contribution in [0.1, 0.15) is 26.7 Å². The number of rotatable bonds is 6. The quantitative estimate of drug-likeness (QED) is 0.548. The molecule has 0 radical (unpaired) electrons. The normalized spacial score (nSPS) is 12.5. The summed E-state index contributed by atoms with van der Waals surface area (Å²) in [5.41, 5.74) is -0.676. The molecule has 0 saturated carbocycles. The van der Waals surface area contributed by atoms with Crippen LogP contribution in [-0.4, -0.2) is 35.1 Å². The zero-order valence-electron chi connectivity index (χ0n) is 7.95. The fraction of sp³-hybridized carbons (Fsp3) is 1.00. The standard InChI is InChI=1S/C9H20O3/c1-8(2)3-4-9(5-10,6-11)7-12/h8,10-12H,3-7H2,1-2H3. The zero-order chi connectivity index (χ0) is 9.61. The van der Waals surface area contributed by atoms with Crippen molar-refractivity contribution in [3.05, 3.63) is 0 Å². The SMILES string of the molecule is CC(C)CCC(CO)(CO)CO. The predicted molar refractivity (Wildman–Crippen MR) is 47.8 cm³/mol. The molecule has 0 heterocycles. The predicted octanol–water partition coefficient (Wildman–Crippen LogP) is 0.386. The lowest BCUT2D eigenvalue weighted by molar-refractivity contribution is -0.00394. The lowest BCUT2D eigenvalue weighted by Gasteiger charge is -2.27. The molecule has 0 fully saturated rings. The monoisotopic (exact) mass is 176 g/mol. The zero-order valence-corrected chi connectivity index (χ0v) is 7.95. The molecule has 0 aliphatic heterocycles. The first-order chi connectivity index (χ1) is 5.60. The summed E-state index contributed by atoms with van der Waals surface area (Å²) in [5.74, 6) is 0.536. The molecule has 0 aromatic carbocycles. The fourth-order valence-corrected chi connectivity index (χ4v) is 0.982. The Balaban J connectivity index is 3.93. The molecule has 0 amide bonds. The molecule has 0 aromatic rings. The Morgan fingerprint density at radius 3 is 1.67 bits per heavy atom. The number of hydrogen-bond donors (Lipinski definition) is 3. The van der Waals surface area contributed by atoms with Crippen LogP contribution in [0.5, 0.6) is 0 Å². The van der Waals surface area contributed by atoms with Gasteiger partial charge in [0.15, 0.2) is 0 Å². The molecular formula is C9H20O3. The van der Waals surface area contributed by atoms with Gasteiger partial charge in [-0.3, -0.25) is 0 Å². The van der Waals surface area contributed by atoms with E-state index in [-0.39, 0.29) is 19.8 Å². The van der Waals surface area contributed by atoms with Crippen LogP contribution in [0.15, 0.2) is 0 Å². The van der Waals surface area contributed by atoms with Crippen molar-refractivity contribution in [2.45, 2.75) is 26.7 Å². The molecule has 0 bridgehead atoms. The van der Waals surface area contributed by atoms with Gasteiger partial charge in [-0.1, -0.05) is 20.3 Å². The molecule has 3 heteroatoms. The topological polar surface area (TPSA) is 60.7 Å². The molecule has 0 rings (SSSR count). The summed E-state index contributed by atoms with van der Waals surface area (Å²) in [6.45, 7) is 3.72. The van der Waals surface area contributed by atoms with Crippen LogP contribution in [0.25, 0.3) is 0 Å². The van der Waals surface area contributed by atoms with Gasteiger partial charge in [-0.05, 0) is 12.3 Å². The maximum absolute atomic E-state index is 8.97. The molecule has 0 unspecified atom stereocenters. The third-order valence-corrected chi connectivity index (χ3v) is 2.26. The Morgan fingerprint density at radius 1 is 1.00 bits per heavy atom. The van der Waals surface area contributed by atoms with Crippen LogP contribution in [0, 0.1) is 11.3 Å². The first-order valence-corrected chi connectivity index (χ1v) is 4.43. The van der Waals surface area contributed by atoms with Crippen LogP contribution in [0.3, 0.4) is 0 Å². The van der Waals surface area contributed by atoms with Crippen molar-refractivity contribution < 1.29 is 15.3 Å². The summed E-state index contributed by atoms with van der Waals surface area (Å²) in [6.07, 6.45) is 1.59. The van der Waals surface area contributed by atoms with Gasteiger partial charge in [0.25, 0.3) is 0 Å². The third kappa shape index (κ3) is 3.52. The molecule has 0 saturated heterocycles. The van der Waals surface area contributed by atoms with E-state index >= 15 is 0 Å². The van der Waals surface area contributed by atoms with Crippen LogP contribution in [0.2, 0.25) is 0 Å². The van der Waals surface area contributed by atoms with Gasteiger partial charge in [-0.25, -0.2) is 0 Å². The Bertz CT molecular complexity index is 100. The second-order valence-electron chi connectivity index (χ2n) is 3.91. The summed E-state index contributed by atoms with van der Waals surface area (Å²) >= 11 is 0. The molecule has 0 aliphatic rings. The van der Waals surface area contributed by atoms with Gasteiger partial charge in [-0.2, -0.15) is 0 Å². The molecule has 12 heavy (non-hydrogen) atoms. The van der Waals surface area contributed by atoms with E-state index in [1.807, 2.05) is 0 Å². The van der Waals surface area contributed by atoms with Gasteiger partial charge >= 0.3 is 0 Å². The van der Waals surface area contributed by atoms with Crippen molar-refractivity contribution in [1.29, 1.82) is 0 Å². The maximum Gasteiger partial charge on any atom is 0.0531 e. The smallest absolute Gasteiger partial charge is 0.0531 e. The molecule has 0 aromatic heterocycles. The average Bonchev–Trinajstić information content (AvgIpc) is 2.08. The molecule has 0 aliphatic carbocycles. The average molecular weight is 176 g/mol. The lowest BCUT2D eigenvalue weighted by Crippen LogP contribution is -2.34. The van der Waals surface area contributed by atoms with Gasteiger partial charge in [0.2, 0.25) is 0 Å². The Hall–Kier alpha value is -0.120. The largest absolute Gasteiger partial charge is 0.396 e. The van der Waals surface area contributed by atoms with Gasteiger partial charge in [0, 0.05) is 5.41 Å². The van der Waals surface area contributed by atoms with E-state index in [1.54, 1.807) is 0 Å². The Kier molecular flexibility index (Phi) is 5.46. The van der Waals surface area contributed by atoms with E-state index < -0.39 is 5.41 Å². The van der Waals surface area contributed by atoms with Crippen LogP contribution in [0.4, 0.5) is 0 Å². The number of aliphatic hydroxyl groups is 3. The second kappa shape index (κ2) is 5.51. The molecule has 0 atom stereocenters. The minimum Gasteiger partial charge on any atom is -0.396 e. The summed E-state index contributed by atoms with van der Waals surface area (Å²) < 4.78 is 0. The summed E-state index contributed by atoms with van der Waals surface area (Å²) in [5, 5.41) is 26.9. The molecule has 3 N–H and O–H groups in total. The van der Waals surface area contributed by atoms with E-state index in [4.69, 9.17) is 15.3 Å². The highest BCUT2D eigenvalue weighted by molar-refractivity contribution is 4.77. The second-order valence-corrected chi connectivity index (χ2v) is 3.91. The minimum absolute atomic E-state index is 0.146. The summed E-state index contributed by atoms with van der Waals surface area (Å²) in [6, 6.07) is 0. The Labute approximate surface area is 74.0 Å². The van der Waals surface area contributed by atoms with Crippen LogP contribution >= 0.6 is 0 Å². The highest BCUT2D eigenvalue weighted by atomic mass is 16.3. The van der Waals surface area contributed by atoms with Crippen molar-refractivity contribution in [2.24, 2.45) is 11.3 Å². The lowest BCUT2D eigenvalue weighted by atomic mass is 9.84. The minimum atomic E-state index is -0.676. The highest BCUT2D eigenvalue weighted by Crippen LogP contribution is 2.24. The first kappa shape index (κ1) is 11.9. The summed E-state index contributed by atoms with van der Waals surface area (Å²) in [4.78, 5) is 0. The molecular weight excluding hydrogens is 156 g/mol. The van der Waals surface area contributed by atoms with Crippen molar-refractivity contribution in [2.75, 3.05) is 19.8 Å². The van der Waals surface area contributed by atoms with Gasteiger partial charge < -0.3 is 15.3 Å². The first-order valence-electron chi connectivity index (χ1n) is 4.43. The molecule has 0 spiro atoms. The fourth-order valence-electron chi connectivity index (χ4n) is 0.982.